The van der Waals surface area contributed by atoms with E-state index in [0.717, 1.165) is 19.6 Å². The molecule has 0 heterocycles. The summed E-state index contributed by atoms with van der Waals surface area (Å²) in [5, 5.41) is 6.83. The summed E-state index contributed by atoms with van der Waals surface area (Å²) in [6.07, 6.45) is 2.11. The molecule has 0 radical (unpaired) electrons. The van der Waals surface area contributed by atoms with Crippen LogP contribution in [0.2, 0.25) is 0 Å². The van der Waals surface area contributed by atoms with E-state index in [1.807, 2.05) is 7.05 Å². The predicted octanol–water partition coefficient (Wildman–Crippen LogP) is 2.99. The summed E-state index contributed by atoms with van der Waals surface area (Å²) in [6.45, 7) is 7.69. The van der Waals surface area contributed by atoms with E-state index in [4.69, 9.17) is 0 Å². The van der Waals surface area contributed by atoms with E-state index in [-0.39, 0.29) is 0 Å². The molecule has 2 N–H and O–H groups in total. The molecule has 0 amide bonds. The number of rotatable bonds is 8. The molecular formula is C15H26N2S. The fourth-order valence-electron chi connectivity index (χ4n) is 1.95. The minimum absolute atomic E-state index is 0.695. The zero-order valence-corrected chi connectivity index (χ0v) is 12.8. The molecule has 1 aromatic rings. The summed E-state index contributed by atoms with van der Waals surface area (Å²) in [5.74, 6) is 1.41. The summed E-state index contributed by atoms with van der Waals surface area (Å²) in [4.78, 5) is 1.33. The fraction of sp³-hybridized carbons (Fsp3) is 0.600. The van der Waals surface area contributed by atoms with Crippen molar-refractivity contribution >= 4 is 11.8 Å². The molecule has 0 bridgehead atoms. The molecule has 0 aliphatic heterocycles. The van der Waals surface area contributed by atoms with Crippen LogP contribution < -0.4 is 10.6 Å². The average Bonchev–Trinajstić information content (AvgIpc) is 2.38. The van der Waals surface area contributed by atoms with Crippen LogP contribution in [0.3, 0.4) is 0 Å². The van der Waals surface area contributed by atoms with Crippen LogP contribution in [0.15, 0.2) is 29.2 Å². The number of nitrogens with one attached hydrogen (secondary N) is 2. The van der Waals surface area contributed by atoms with E-state index in [1.54, 1.807) is 11.8 Å². The molecule has 1 aromatic carbocycles. The van der Waals surface area contributed by atoms with Crippen LogP contribution in [-0.4, -0.2) is 26.4 Å². The Morgan fingerprint density at radius 3 is 2.28 bits per heavy atom. The quantitative estimate of drug-likeness (QED) is 0.707. The second-order valence-corrected chi connectivity index (χ2v) is 5.92. The van der Waals surface area contributed by atoms with Crippen LogP contribution >= 0.6 is 11.8 Å². The first-order valence-electron chi connectivity index (χ1n) is 6.65. The van der Waals surface area contributed by atoms with E-state index >= 15 is 0 Å². The van der Waals surface area contributed by atoms with Crippen molar-refractivity contribution in [3.05, 3.63) is 29.8 Å². The van der Waals surface area contributed by atoms with Crippen LogP contribution in [0.5, 0.6) is 0 Å². The third-order valence-corrected chi connectivity index (χ3v) is 4.05. The number of thioether (sulfide) groups is 1. The van der Waals surface area contributed by atoms with Crippen molar-refractivity contribution in [1.82, 2.24) is 10.6 Å². The van der Waals surface area contributed by atoms with E-state index in [2.05, 4.69) is 55.0 Å². The molecule has 1 unspecified atom stereocenters. The summed E-state index contributed by atoms with van der Waals surface area (Å²) in [5.41, 5.74) is 1.36. The van der Waals surface area contributed by atoms with Gasteiger partial charge in [0.05, 0.1) is 0 Å². The topological polar surface area (TPSA) is 24.1 Å². The first-order valence-corrected chi connectivity index (χ1v) is 7.88. The lowest BCUT2D eigenvalue weighted by molar-refractivity contribution is 0.352. The first-order chi connectivity index (χ1) is 8.67. The highest BCUT2D eigenvalue weighted by molar-refractivity contribution is 7.98. The molecule has 2 nitrogen and oxygen atoms in total. The van der Waals surface area contributed by atoms with Gasteiger partial charge in [-0.25, -0.2) is 0 Å². The number of hydrogen-bond acceptors (Lipinski definition) is 3. The normalized spacial score (nSPS) is 12.9. The van der Waals surface area contributed by atoms with Crippen molar-refractivity contribution in [1.29, 1.82) is 0 Å². The van der Waals surface area contributed by atoms with Crippen LogP contribution in [0.1, 0.15) is 19.4 Å². The van der Waals surface area contributed by atoms with Crippen molar-refractivity contribution in [3.63, 3.8) is 0 Å². The van der Waals surface area contributed by atoms with E-state index in [0.29, 0.717) is 11.8 Å². The monoisotopic (exact) mass is 266 g/mol. The molecule has 0 saturated carbocycles. The Morgan fingerprint density at radius 2 is 1.78 bits per heavy atom. The van der Waals surface area contributed by atoms with Gasteiger partial charge in [-0.1, -0.05) is 26.0 Å². The highest BCUT2D eigenvalue weighted by atomic mass is 32.2. The Labute approximate surface area is 116 Å². The smallest absolute Gasteiger partial charge is 0.0205 e. The summed E-state index contributed by atoms with van der Waals surface area (Å²) < 4.78 is 0. The summed E-state index contributed by atoms with van der Waals surface area (Å²) in [7, 11) is 2.02. The Balaban J connectivity index is 2.35. The van der Waals surface area contributed by atoms with E-state index < -0.39 is 0 Å². The molecule has 1 rings (SSSR count). The second kappa shape index (κ2) is 8.57. The van der Waals surface area contributed by atoms with Crippen molar-refractivity contribution in [2.75, 3.05) is 26.4 Å². The molecule has 1 atom stereocenters. The maximum Gasteiger partial charge on any atom is 0.0205 e. The molecule has 3 heteroatoms. The SMILES string of the molecule is CNCC(CNCc1ccc(SC)cc1)C(C)C. The molecular weight excluding hydrogens is 240 g/mol. The van der Waals surface area contributed by atoms with Crippen molar-refractivity contribution < 1.29 is 0 Å². The van der Waals surface area contributed by atoms with Gasteiger partial charge in [0.1, 0.15) is 0 Å². The van der Waals surface area contributed by atoms with Crippen LogP contribution in [0.25, 0.3) is 0 Å². The van der Waals surface area contributed by atoms with Gasteiger partial charge in [-0.3, -0.25) is 0 Å². The van der Waals surface area contributed by atoms with Gasteiger partial charge in [-0.05, 0) is 55.9 Å². The molecule has 18 heavy (non-hydrogen) atoms. The molecule has 0 aliphatic carbocycles. The van der Waals surface area contributed by atoms with Crippen molar-refractivity contribution in [2.45, 2.75) is 25.3 Å². The number of benzene rings is 1. The fourth-order valence-corrected chi connectivity index (χ4v) is 2.36. The highest BCUT2D eigenvalue weighted by Crippen LogP contribution is 2.15. The molecule has 0 spiro atoms. The second-order valence-electron chi connectivity index (χ2n) is 5.04. The van der Waals surface area contributed by atoms with Gasteiger partial charge in [-0.15, -0.1) is 11.8 Å². The Bertz CT molecular complexity index is 322. The van der Waals surface area contributed by atoms with Gasteiger partial charge in [0, 0.05) is 11.4 Å². The van der Waals surface area contributed by atoms with Crippen LogP contribution in [-0.2, 0) is 6.54 Å². The molecule has 0 saturated heterocycles. The van der Waals surface area contributed by atoms with Crippen molar-refractivity contribution in [2.24, 2.45) is 11.8 Å². The minimum atomic E-state index is 0.695. The maximum absolute atomic E-state index is 3.56. The standard InChI is InChI=1S/C15H26N2S/c1-12(2)14(10-16-3)11-17-9-13-5-7-15(18-4)8-6-13/h5-8,12,14,16-17H,9-11H2,1-4H3. The third kappa shape index (κ3) is 5.42. The zero-order valence-electron chi connectivity index (χ0n) is 12.0. The third-order valence-electron chi connectivity index (χ3n) is 3.30. The zero-order chi connectivity index (χ0) is 13.4. The average molecular weight is 266 g/mol. The number of hydrogen-bond donors (Lipinski definition) is 2. The minimum Gasteiger partial charge on any atom is -0.319 e. The summed E-state index contributed by atoms with van der Waals surface area (Å²) >= 11 is 1.79. The van der Waals surface area contributed by atoms with Crippen molar-refractivity contribution in [3.8, 4) is 0 Å². The Hall–Kier alpha value is -0.510. The van der Waals surface area contributed by atoms with Gasteiger partial charge < -0.3 is 10.6 Å². The van der Waals surface area contributed by atoms with E-state index in [9.17, 15) is 0 Å². The first kappa shape index (κ1) is 15.5. The lowest BCUT2D eigenvalue weighted by Gasteiger charge is -2.21. The summed E-state index contributed by atoms with van der Waals surface area (Å²) in [6, 6.07) is 8.80. The van der Waals surface area contributed by atoms with Gasteiger partial charge >= 0.3 is 0 Å². The molecule has 0 aliphatic rings. The van der Waals surface area contributed by atoms with Gasteiger partial charge in [0.15, 0.2) is 0 Å². The molecule has 0 aromatic heterocycles. The van der Waals surface area contributed by atoms with Gasteiger partial charge in [-0.2, -0.15) is 0 Å². The lowest BCUT2D eigenvalue weighted by atomic mass is 9.96. The predicted molar refractivity (Wildman–Crippen MR) is 82.2 cm³/mol. The molecule has 0 fully saturated rings. The van der Waals surface area contributed by atoms with Gasteiger partial charge in [0.2, 0.25) is 0 Å². The maximum atomic E-state index is 3.56. The lowest BCUT2D eigenvalue weighted by Crippen LogP contribution is -2.32. The largest absolute Gasteiger partial charge is 0.319 e. The molecule has 102 valence electrons. The van der Waals surface area contributed by atoms with Crippen LogP contribution in [0.4, 0.5) is 0 Å². The highest BCUT2D eigenvalue weighted by Gasteiger charge is 2.11. The Morgan fingerprint density at radius 1 is 1.11 bits per heavy atom. The Kier molecular flexibility index (Phi) is 7.40. The van der Waals surface area contributed by atoms with Crippen LogP contribution in [0, 0.1) is 11.8 Å². The van der Waals surface area contributed by atoms with E-state index in [1.165, 1.54) is 10.5 Å². The van der Waals surface area contributed by atoms with Gasteiger partial charge in [0.25, 0.3) is 0 Å².